The summed E-state index contributed by atoms with van der Waals surface area (Å²) in [6, 6.07) is 0.0922. The molecule has 1 saturated heterocycles. The lowest BCUT2D eigenvalue weighted by Gasteiger charge is -2.30. The Bertz CT molecular complexity index is 557. The molecule has 2 rings (SSSR count). The maximum Gasteiger partial charge on any atom is 0.322 e. The van der Waals surface area contributed by atoms with Gasteiger partial charge in [-0.25, -0.2) is 18.0 Å². The molecule has 1 aliphatic heterocycles. The third kappa shape index (κ3) is 3.45. The predicted octanol–water partition coefficient (Wildman–Crippen LogP) is 2.43. The van der Waals surface area contributed by atoms with Crippen molar-refractivity contribution >= 4 is 17.7 Å². The normalized spacial score (nSPS) is 18.4. The summed E-state index contributed by atoms with van der Waals surface area (Å²) in [7, 11) is 0. The Balaban J connectivity index is 2.10. The number of amides is 2. The highest BCUT2D eigenvalue weighted by molar-refractivity contribution is 5.90. The number of piperidine rings is 1. The van der Waals surface area contributed by atoms with Gasteiger partial charge in [0.1, 0.15) is 11.5 Å². The second kappa shape index (κ2) is 6.02. The molecule has 114 valence electrons. The van der Waals surface area contributed by atoms with Crippen LogP contribution in [0, 0.1) is 23.4 Å². The van der Waals surface area contributed by atoms with Gasteiger partial charge in [0.15, 0.2) is 11.6 Å². The van der Waals surface area contributed by atoms with Gasteiger partial charge >= 0.3 is 12.0 Å². The molecule has 1 aromatic rings. The number of carbonyl (C=O) groups excluding carboxylic acids is 1. The molecule has 0 aliphatic carbocycles. The summed E-state index contributed by atoms with van der Waals surface area (Å²) in [5.41, 5.74) is -0.751. The van der Waals surface area contributed by atoms with Gasteiger partial charge in [0.2, 0.25) is 0 Å². The van der Waals surface area contributed by atoms with Crippen molar-refractivity contribution in [2.24, 2.45) is 5.92 Å². The van der Waals surface area contributed by atoms with Crippen LogP contribution in [-0.4, -0.2) is 35.1 Å². The number of carboxylic acids is 1. The van der Waals surface area contributed by atoms with E-state index in [0.29, 0.717) is 31.5 Å². The fourth-order valence-electron chi connectivity index (χ4n) is 2.21. The topological polar surface area (TPSA) is 69.6 Å². The maximum absolute atomic E-state index is 13.4. The van der Waals surface area contributed by atoms with E-state index in [2.05, 4.69) is 0 Å². The van der Waals surface area contributed by atoms with Gasteiger partial charge in [-0.2, -0.15) is 0 Å². The number of hydrogen-bond donors (Lipinski definition) is 2. The minimum Gasteiger partial charge on any atom is -0.481 e. The van der Waals surface area contributed by atoms with Crippen molar-refractivity contribution in [3.8, 4) is 0 Å². The van der Waals surface area contributed by atoms with Gasteiger partial charge in [-0.15, -0.1) is 0 Å². The zero-order valence-electron chi connectivity index (χ0n) is 10.9. The zero-order chi connectivity index (χ0) is 15.6. The van der Waals surface area contributed by atoms with E-state index in [1.165, 1.54) is 4.90 Å². The van der Waals surface area contributed by atoms with Gasteiger partial charge in [0.25, 0.3) is 0 Å². The Morgan fingerprint density at radius 2 is 1.86 bits per heavy atom. The Morgan fingerprint density at radius 3 is 2.43 bits per heavy atom. The Morgan fingerprint density at radius 1 is 1.24 bits per heavy atom. The van der Waals surface area contributed by atoms with Crippen LogP contribution in [0.1, 0.15) is 12.8 Å². The lowest BCUT2D eigenvalue weighted by molar-refractivity contribution is -0.143. The van der Waals surface area contributed by atoms with Crippen LogP contribution in [0.25, 0.3) is 0 Å². The number of halogens is 3. The molecule has 8 heteroatoms. The van der Waals surface area contributed by atoms with Crippen molar-refractivity contribution < 1.29 is 27.9 Å². The standard InChI is InChI=1S/C13H13F3N2O3/c14-8-4-9(15)11(10(16)5-8)17-13(21)18-3-1-2-7(6-18)12(19)20/h4-5,7H,1-3,6H2,(H,17,21)(H,19,20)/t7-/m0/s1. The average molecular weight is 302 g/mol. The molecule has 0 bridgehead atoms. The highest BCUT2D eigenvalue weighted by Crippen LogP contribution is 2.22. The fourth-order valence-corrected chi connectivity index (χ4v) is 2.21. The smallest absolute Gasteiger partial charge is 0.322 e. The first-order valence-electron chi connectivity index (χ1n) is 6.31. The number of likely N-dealkylation sites (tertiary alicyclic amines) is 1. The van der Waals surface area contributed by atoms with Gasteiger partial charge in [0, 0.05) is 25.2 Å². The second-order valence-corrected chi connectivity index (χ2v) is 4.80. The second-order valence-electron chi connectivity index (χ2n) is 4.80. The number of rotatable bonds is 2. The molecule has 0 spiro atoms. The number of anilines is 1. The van der Waals surface area contributed by atoms with Crippen LogP contribution in [0.4, 0.5) is 23.7 Å². The first-order chi connectivity index (χ1) is 9.88. The van der Waals surface area contributed by atoms with Crippen molar-refractivity contribution in [3.63, 3.8) is 0 Å². The minimum atomic E-state index is -1.23. The number of hydrogen-bond acceptors (Lipinski definition) is 2. The van der Waals surface area contributed by atoms with Crippen LogP contribution in [-0.2, 0) is 4.79 Å². The molecule has 5 nitrogen and oxygen atoms in total. The van der Waals surface area contributed by atoms with Gasteiger partial charge < -0.3 is 15.3 Å². The lowest BCUT2D eigenvalue weighted by atomic mass is 9.99. The molecule has 0 unspecified atom stereocenters. The molecule has 2 amide bonds. The highest BCUT2D eigenvalue weighted by Gasteiger charge is 2.29. The summed E-state index contributed by atoms with van der Waals surface area (Å²) in [4.78, 5) is 24.0. The number of benzene rings is 1. The molecular weight excluding hydrogens is 289 g/mol. The number of carbonyl (C=O) groups is 2. The van der Waals surface area contributed by atoms with Crippen LogP contribution >= 0.6 is 0 Å². The molecule has 0 aromatic heterocycles. The van der Waals surface area contributed by atoms with Crippen molar-refractivity contribution in [3.05, 3.63) is 29.6 Å². The van der Waals surface area contributed by atoms with Crippen molar-refractivity contribution in [1.29, 1.82) is 0 Å². The van der Waals surface area contributed by atoms with Crippen LogP contribution in [0.15, 0.2) is 12.1 Å². The quantitative estimate of drug-likeness (QED) is 0.881. The summed E-state index contributed by atoms with van der Waals surface area (Å²) >= 11 is 0. The summed E-state index contributed by atoms with van der Waals surface area (Å²) in [5.74, 6) is -5.27. The SMILES string of the molecule is O=C(O)[C@H]1CCCN(C(=O)Nc2c(F)cc(F)cc2F)C1. The zero-order valence-corrected chi connectivity index (χ0v) is 10.9. The van der Waals surface area contributed by atoms with Gasteiger partial charge in [0.05, 0.1) is 5.92 Å². The van der Waals surface area contributed by atoms with Crippen molar-refractivity contribution in [1.82, 2.24) is 4.90 Å². The van der Waals surface area contributed by atoms with E-state index in [4.69, 9.17) is 5.11 Å². The number of nitrogens with one attached hydrogen (secondary N) is 1. The number of urea groups is 1. The average Bonchev–Trinajstić information content (AvgIpc) is 2.42. The fraction of sp³-hybridized carbons (Fsp3) is 0.385. The summed E-state index contributed by atoms with van der Waals surface area (Å²) in [6.07, 6.45) is 0.928. The Kier molecular flexibility index (Phi) is 4.35. The lowest BCUT2D eigenvalue weighted by Crippen LogP contribution is -2.44. The summed E-state index contributed by atoms with van der Waals surface area (Å²) in [5, 5.41) is 10.9. The van der Waals surface area contributed by atoms with E-state index in [0.717, 1.165) is 0 Å². The van der Waals surface area contributed by atoms with Crippen LogP contribution < -0.4 is 5.32 Å². The number of nitrogens with zero attached hydrogens (tertiary/aromatic N) is 1. The van der Waals surface area contributed by atoms with Crippen molar-refractivity contribution in [2.75, 3.05) is 18.4 Å². The molecule has 21 heavy (non-hydrogen) atoms. The van der Waals surface area contributed by atoms with Crippen LogP contribution in [0.2, 0.25) is 0 Å². The Labute approximate surface area is 118 Å². The molecule has 1 fully saturated rings. The largest absolute Gasteiger partial charge is 0.481 e. The molecule has 0 saturated carbocycles. The molecule has 1 aromatic carbocycles. The molecule has 2 N–H and O–H groups in total. The predicted molar refractivity (Wildman–Crippen MR) is 67.3 cm³/mol. The molecule has 1 atom stereocenters. The monoisotopic (exact) mass is 302 g/mol. The van der Waals surface area contributed by atoms with Gasteiger partial charge in [-0.05, 0) is 12.8 Å². The Hall–Kier alpha value is -2.25. The number of aliphatic carboxylic acids is 1. The van der Waals surface area contributed by atoms with Gasteiger partial charge in [-0.3, -0.25) is 4.79 Å². The summed E-state index contributed by atoms with van der Waals surface area (Å²) in [6.45, 7) is 0.256. The van der Waals surface area contributed by atoms with E-state index >= 15 is 0 Å². The van der Waals surface area contributed by atoms with Crippen LogP contribution in [0.5, 0.6) is 0 Å². The van der Waals surface area contributed by atoms with E-state index < -0.39 is 41.1 Å². The van der Waals surface area contributed by atoms with E-state index in [1.54, 1.807) is 0 Å². The van der Waals surface area contributed by atoms with E-state index in [-0.39, 0.29) is 6.54 Å². The van der Waals surface area contributed by atoms with E-state index in [9.17, 15) is 22.8 Å². The van der Waals surface area contributed by atoms with Crippen LogP contribution in [0.3, 0.4) is 0 Å². The van der Waals surface area contributed by atoms with Crippen molar-refractivity contribution in [2.45, 2.75) is 12.8 Å². The molecule has 1 aliphatic rings. The molecule has 0 radical (unpaired) electrons. The van der Waals surface area contributed by atoms with E-state index in [1.807, 2.05) is 5.32 Å². The maximum atomic E-state index is 13.4. The summed E-state index contributed by atoms with van der Waals surface area (Å²) < 4.78 is 39.6. The molecule has 1 heterocycles. The third-order valence-electron chi connectivity index (χ3n) is 3.30. The minimum absolute atomic E-state index is 0.0361. The van der Waals surface area contributed by atoms with Gasteiger partial charge in [-0.1, -0.05) is 0 Å². The molecular formula is C13H13F3N2O3. The third-order valence-corrected chi connectivity index (χ3v) is 3.30. The highest BCUT2D eigenvalue weighted by atomic mass is 19.1. The number of carboxylic acid groups (broad SMARTS) is 1. The first kappa shape index (κ1) is 15.1. The first-order valence-corrected chi connectivity index (χ1v) is 6.31.